The van der Waals surface area contributed by atoms with E-state index in [-0.39, 0.29) is 5.06 Å². The number of nitrogens with zero attached hydrogens (tertiary/aromatic N) is 3. The molecule has 0 bridgehead atoms. The van der Waals surface area contributed by atoms with Gasteiger partial charge in [-0.2, -0.15) is 0 Å². The van der Waals surface area contributed by atoms with Crippen molar-refractivity contribution in [2.24, 2.45) is 10.8 Å². The van der Waals surface area contributed by atoms with Crippen LogP contribution in [0, 0.1) is 0 Å². The molecule has 3 rings (SSSR count). The first-order valence-electron chi connectivity index (χ1n) is 6.70. The Labute approximate surface area is 135 Å². The van der Waals surface area contributed by atoms with Crippen LogP contribution in [0.1, 0.15) is 23.8 Å². The van der Waals surface area contributed by atoms with Crippen molar-refractivity contribution < 1.29 is 0 Å². The molecule has 0 saturated heterocycles. The molecule has 1 unspecified atom stereocenters. The molecule has 1 saturated carbocycles. The first-order valence-corrected chi connectivity index (χ1v) is 11.4. The minimum atomic E-state index is 0.0904. The number of aryl methyl sites for hydroxylation is 1. The van der Waals surface area contributed by atoms with Gasteiger partial charge in [0.05, 0.1) is 0 Å². The Hall–Kier alpha value is -0.0410. The van der Waals surface area contributed by atoms with Gasteiger partial charge < -0.3 is 0 Å². The zero-order valence-corrected chi connectivity index (χ0v) is 15.3. The molecule has 6 nitrogen and oxygen atoms in total. The third kappa shape index (κ3) is 4.75. The number of hydrazone groups is 1. The summed E-state index contributed by atoms with van der Waals surface area (Å²) in [6.07, 6.45) is 4.72. The molecule has 4 N–H and O–H groups in total. The number of thioether (sulfide) groups is 1. The third-order valence-electron chi connectivity index (χ3n) is 2.87. The molecule has 1 fully saturated rings. The molecular formula is C11H18N6SSe2. The molecule has 9 heteroatoms. The summed E-state index contributed by atoms with van der Waals surface area (Å²) in [5.41, 5.74) is 8.68. The number of nitrogens with two attached hydrogens (primary N) is 1. The van der Waals surface area contributed by atoms with Crippen LogP contribution in [0.3, 0.4) is 0 Å². The minimum absolute atomic E-state index is 0.0904. The maximum absolute atomic E-state index is 5.75. The topological polar surface area (TPSA) is 88.2 Å². The first-order chi connectivity index (χ1) is 9.79. The average Bonchev–Trinajstić information content (AvgIpc) is 2.96. The molecule has 1 aliphatic heterocycles. The summed E-state index contributed by atoms with van der Waals surface area (Å²) in [4.78, 5) is 0. The van der Waals surface area contributed by atoms with E-state index in [4.69, 9.17) is 5.73 Å². The fraction of sp³-hybridized carbons (Fsp3) is 0.727. The molecule has 0 amide bonds. The number of hydrogen-bond donors (Lipinski definition) is 3. The first kappa shape index (κ1) is 14.9. The van der Waals surface area contributed by atoms with E-state index >= 15 is 0 Å². The normalized spacial score (nSPS) is 21.6. The molecule has 0 spiro atoms. The van der Waals surface area contributed by atoms with Gasteiger partial charge in [0, 0.05) is 0 Å². The van der Waals surface area contributed by atoms with Crippen LogP contribution in [0.15, 0.2) is 5.10 Å². The molecular weight excluding hydrogens is 406 g/mol. The maximum atomic E-state index is 5.75. The molecule has 0 aromatic carbocycles. The second kappa shape index (κ2) is 7.29. The van der Waals surface area contributed by atoms with Crippen LogP contribution >= 0.6 is 11.8 Å². The van der Waals surface area contributed by atoms with Crippen LogP contribution in [-0.4, -0.2) is 66.9 Å². The second-order valence-electron chi connectivity index (χ2n) is 4.71. The Balaban J connectivity index is 1.28. The SMILES string of the molecule is NC1NN=C(CCSCCc2nnc(NC3CC3)[se]2)[Se]1. The van der Waals surface area contributed by atoms with Crippen molar-refractivity contribution in [1.82, 2.24) is 15.6 Å². The Bertz CT molecular complexity index is 475. The van der Waals surface area contributed by atoms with Gasteiger partial charge in [0.1, 0.15) is 0 Å². The fourth-order valence-corrected chi connectivity index (χ4v) is 6.38. The Kier molecular flexibility index (Phi) is 5.42. The standard InChI is InChI=1S/C11H18N6SSe2/c12-10-16-14-8(19-10)3-5-18-6-4-9-15-17-11(20-9)13-7-1-2-7/h7,10,16H,1-6,12H2,(H,13,17). The summed E-state index contributed by atoms with van der Waals surface area (Å²) in [5.74, 6) is 2.26. The van der Waals surface area contributed by atoms with Crippen molar-refractivity contribution in [3.63, 3.8) is 0 Å². The van der Waals surface area contributed by atoms with E-state index in [0.29, 0.717) is 35.5 Å². The molecule has 0 radical (unpaired) electrons. The van der Waals surface area contributed by atoms with Crippen LogP contribution in [0.4, 0.5) is 4.69 Å². The number of aromatic nitrogens is 2. The molecule has 1 aromatic heterocycles. The monoisotopic (exact) mass is 426 g/mol. The van der Waals surface area contributed by atoms with Gasteiger partial charge in [-0.05, 0) is 0 Å². The number of hydrogen-bond acceptors (Lipinski definition) is 7. The summed E-state index contributed by atoms with van der Waals surface area (Å²) in [6, 6.07) is 0.689. The second-order valence-corrected chi connectivity index (χ2v) is 10.7. The van der Waals surface area contributed by atoms with E-state index in [9.17, 15) is 0 Å². The number of anilines is 1. The van der Waals surface area contributed by atoms with Crippen molar-refractivity contribution in [3.05, 3.63) is 4.57 Å². The van der Waals surface area contributed by atoms with Crippen molar-refractivity contribution >= 4 is 50.5 Å². The third-order valence-corrected chi connectivity index (χ3v) is 7.72. The van der Waals surface area contributed by atoms with Crippen molar-refractivity contribution in [1.29, 1.82) is 0 Å². The predicted octanol–water partition coefficient (Wildman–Crippen LogP) is -0.363. The Morgan fingerprint density at radius 3 is 2.90 bits per heavy atom. The quantitative estimate of drug-likeness (QED) is 0.390. The van der Waals surface area contributed by atoms with Gasteiger partial charge in [-0.3, -0.25) is 0 Å². The summed E-state index contributed by atoms with van der Waals surface area (Å²) >= 11 is 2.66. The van der Waals surface area contributed by atoms with Gasteiger partial charge >= 0.3 is 135 Å². The summed E-state index contributed by atoms with van der Waals surface area (Å²) < 4.78 is 3.67. The van der Waals surface area contributed by atoms with Gasteiger partial charge in [-0.1, -0.05) is 0 Å². The molecule has 1 aliphatic carbocycles. The molecule has 1 atom stereocenters. The van der Waals surface area contributed by atoms with Crippen molar-refractivity contribution in [2.45, 2.75) is 36.8 Å². The van der Waals surface area contributed by atoms with Gasteiger partial charge in [-0.15, -0.1) is 0 Å². The van der Waals surface area contributed by atoms with Crippen LogP contribution in [0.2, 0.25) is 0 Å². The van der Waals surface area contributed by atoms with Crippen molar-refractivity contribution in [2.75, 3.05) is 16.8 Å². The number of rotatable bonds is 8. The molecule has 2 heterocycles. The van der Waals surface area contributed by atoms with E-state index in [2.05, 4.69) is 26.0 Å². The average molecular weight is 424 g/mol. The van der Waals surface area contributed by atoms with Crippen LogP contribution in [-0.2, 0) is 6.42 Å². The van der Waals surface area contributed by atoms with E-state index in [1.807, 2.05) is 11.8 Å². The zero-order chi connectivity index (χ0) is 13.8. The van der Waals surface area contributed by atoms with E-state index in [0.717, 1.165) is 29.0 Å². The Morgan fingerprint density at radius 2 is 2.15 bits per heavy atom. The van der Waals surface area contributed by atoms with Gasteiger partial charge in [0.15, 0.2) is 0 Å². The molecule has 110 valence electrons. The van der Waals surface area contributed by atoms with E-state index in [1.165, 1.54) is 22.0 Å². The summed E-state index contributed by atoms with van der Waals surface area (Å²) in [7, 11) is 0. The number of nitrogens with one attached hydrogen (secondary N) is 2. The van der Waals surface area contributed by atoms with Gasteiger partial charge in [0.25, 0.3) is 0 Å². The van der Waals surface area contributed by atoms with Gasteiger partial charge in [0.2, 0.25) is 0 Å². The molecule has 2 aliphatic rings. The molecule has 1 aromatic rings. The Morgan fingerprint density at radius 1 is 1.30 bits per heavy atom. The van der Waals surface area contributed by atoms with Gasteiger partial charge in [-0.25, -0.2) is 0 Å². The van der Waals surface area contributed by atoms with Crippen LogP contribution in [0.25, 0.3) is 0 Å². The summed E-state index contributed by atoms with van der Waals surface area (Å²) in [5, 5.41) is 16.3. The summed E-state index contributed by atoms with van der Waals surface area (Å²) in [6.45, 7) is 0. The van der Waals surface area contributed by atoms with Crippen molar-refractivity contribution in [3.8, 4) is 0 Å². The van der Waals surface area contributed by atoms with Crippen LogP contribution in [0.5, 0.6) is 0 Å². The molecule has 20 heavy (non-hydrogen) atoms. The predicted molar refractivity (Wildman–Crippen MR) is 85.6 cm³/mol. The fourth-order valence-electron chi connectivity index (χ4n) is 1.69. The van der Waals surface area contributed by atoms with E-state index < -0.39 is 0 Å². The van der Waals surface area contributed by atoms with E-state index in [1.54, 1.807) is 0 Å². The van der Waals surface area contributed by atoms with Crippen LogP contribution < -0.4 is 16.5 Å². The zero-order valence-electron chi connectivity index (χ0n) is 11.0.